The molecule has 0 spiro atoms. The summed E-state index contributed by atoms with van der Waals surface area (Å²) < 4.78 is 24.7. The summed E-state index contributed by atoms with van der Waals surface area (Å²) in [7, 11) is 0. The van der Waals surface area contributed by atoms with E-state index in [2.05, 4.69) is 15.9 Å². The standard InChI is InChI=1S/C19H15BrFNO4/c1-2-25-17-8-12(7-16(20)19(17)26-11-18(23)24)6-14(10-22)13-4-3-5-15(21)9-13/h3-9H,2,11H2,1H3,(H,23,24)/b14-6-. The van der Waals surface area contributed by atoms with Crippen LogP contribution in [0.1, 0.15) is 18.1 Å². The van der Waals surface area contributed by atoms with Crippen LogP contribution >= 0.6 is 15.9 Å². The number of carboxylic acids is 1. The van der Waals surface area contributed by atoms with Crippen LogP contribution in [0.3, 0.4) is 0 Å². The maximum absolute atomic E-state index is 13.4. The predicted octanol–water partition coefficient (Wildman–Crippen LogP) is 4.51. The zero-order chi connectivity index (χ0) is 19.1. The molecule has 0 atom stereocenters. The third kappa shape index (κ3) is 5.07. The molecule has 2 aromatic carbocycles. The molecule has 0 aromatic heterocycles. The zero-order valence-electron chi connectivity index (χ0n) is 13.8. The van der Waals surface area contributed by atoms with Crippen molar-refractivity contribution in [1.82, 2.24) is 0 Å². The molecule has 0 bridgehead atoms. The molecule has 0 aliphatic heterocycles. The lowest BCUT2D eigenvalue weighted by molar-refractivity contribution is -0.139. The minimum atomic E-state index is -1.11. The number of carbonyl (C=O) groups is 1. The summed E-state index contributed by atoms with van der Waals surface area (Å²) in [5.74, 6) is -0.944. The SMILES string of the molecule is CCOc1cc(/C=C(/C#N)c2cccc(F)c2)cc(Br)c1OCC(=O)O. The quantitative estimate of drug-likeness (QED) is 0.527. The average Bonchev–Trinajstić information content (AvgIpc) is 2.59. The van der Waals surface area contributed by atoms with Gasteiger partial charge in [-0.2, -0.15) is 5.26 Å². The van der Waals surface area contributed by atoms with Crippen LogP contribution in [-0.2, 0) is 4.79 Å². The van der Waals surface area contributed by atoms with Gasteiger partial charge in [0, 0.05) is 0 Å². The van der Waals surface area contributed by atoms with Gasteiger partial charge in [0.25, 0.3) is 0 Å². The molecule has 0 heterocycles. The summed E-state index contributed by atoms with van der Waals surface area (Å²) in [4.78, 5) is 10.7. The number of ether oxygens (including phenoxy) is 2. The van der Waals surface area contributed by atoms with Crippen molar-refractivity contribution in [3.8, 4) is 17.6 Å². The van der Waals surface area contributed by atoms with Gasteiger partial charge in [0.15, 0.2) is 18.1 Å². The number of hydrogen-bond donors (Lipinski definition) is 1. The van der Waals surface area contributed by atoms with Crippen LogP contribution in [0, 0.1) is 17.1 Å². The molecule has 2 aromatic rings. The first kappa shape index (κ1) is 19.5. The molecule has 134 valence electrons. The van der Waals surface area contributed by atoms with Crippen molar-refractivity contribution in [3.63, 3.8) is 0 Å². The van der Waals surface area contributed by atoms with Gasteiger partial charge in [-0.3, -0.25) is 0 Å². The van der Waals surface area contributed by atoms with Gasteiger partial charge in [-0.05, 0) is 64.3 Å². The molecule has 5 nitrogen and oxygen atoms in total. The smallest absolute Gasteiger partial charge is 0.341 e. The summed E-state index contributed by atoms with van der Waals surface area (Å²) >= 11 is 3.33. The number of carboxylic acid groups (broad SMARTS) is 1. The summed E-state index contributed by atoms with van der Waals surface area (Å²) in [6.07, 6.45) is 1.59. The number of nitriles is 1. The van der Waals surface area contributed by atoms with E-state index < -0.39 is 18.4 Å². The molecule has 0 aliphatic carbocycles. The van der Waals surface area contributed by atoms with E-state index >= 15 is 0 Å². The van der Waals surface area contributed by atoms with Crippen molar-refractivity contribution in [2.75, 3.05) is 13.2 Å². The summed E-state index contributed by atoms with van der Waals surface area (Å²) in [6.45, 7) is 1.61. The maximum atomic E-state index is 13.4. The van der Waals surface area contributed by atoms with Crippen LogP contribution in [0.15, 0.2) is 40.9 Å². The highest BCUT2D eigenvalue weighted by atomic mass is 79.9. The summed E-state index contributed by atoms with van der Waals surface area (Å²) in [6, 6.07) is 11.1. The first-order valence-electron chi connectivity index (χ1n) is 7.63. The highest BCUT2D eigenvalue weighted by Gasteiger charge is 2.14. The van der Waals surface area contributed by atoms with E-state index in [4.69, 9.17) is 14.6 Å². The van der Waals surface area contributed by atoms with Crippen LogP contribution in [0.4, 0.5) is 4.39 Å². The lowest BCUT2D eigenvalue weighted by Gasteiger charge is -2.13. The fourth-order valence-corrected chi connectivity index (χ4v) is 2.79. The molecular weight excluding hydrogens is 405 g/mol. The van der Waals surface area contributed by atoms with Crippen molar-refractivity contribution < 1.29 is 23.8 Å². The maximum Gasteiger partial charge on any atom is 0.341 e. The van der Waals surface area contributed by atoms with Gasteiger partial charge < -0.3 is 14.6 Å². The van der Waals surface area contributed by atoms with E-state index in [9.17, 15) is 14.4 Å². The Morgan fingerprint density at radius 1 is 1.35 bits per heavy atom. The number of halogens is 2. The third-order valence-electron chi connectivity index (χ3n) is 3.24. The normalized spacial score (nSPS) is 10.9. The second kappa shape index (κ2) is 9.02. The summed E-state index contributed by atoms with van der Waals surface area (Å²) in [5, 5.41) is 18.2. The summed E-state index contributed by atoms with van der Waals surface area (Å²) in [5.41, 5.74) is 1.34. The lowest BCUT2D eigenvalue weighted by atomic mass is 10.0. The number of benzene rings is 2. The highest BCUT2D eigenvalue weighted by molar-refractivity contribution is 9.10. The van der Waals surface area contributed by atoms with Gasteiger partial charge in [-0.15, -0.1) is 0 Å². The molecular formula is C19H15BrFNO4. The molecule has 1 N–H and O–H groups in total. The first-order valence-corrected chi connectivity index (χ1v) is 8.42. The van der Waals surface area contributed by atoms with E-state index in [1.165, 1.54) is 18.2 Å². The first-order chi connectivity index (χ1) is 12.4. The number of nitrogens with zero attached hydrogens (tertiary/aromatic N) is 1. The monoisotopic (exact) mass is 419 g/mol. The van der Waals surface area contributed by atoms with Crippen molar-refractivity contribution in [2.45, 2.75) is 6.92 Å². The minimum Gasteiger partial charge on any atom is -0.490 e. The van der Waals surface area contributed by atoms with Crippen LogP contribution in [0.2, 0.25) is 0 Å². The Bertz CT molecular complexity index is 890. The Labute approximate surface area is 158 Å². The van der Waals surface area contributed by atoms with E-state index in [1.54, 1.807) is 31.2 Å². The number of rotatable bonds is 7. The Kier molecular flexibility index (Phi) is 6.75. The van der Waals surface area contributed by atoms with E-state index in [0.717, 1.165) is 0 Å². The Hall–Kier alpha value is -2.85. The Morgan fingerprint density at radius 2 is 2.12 bits per heavy atom. The van der Waals surface area contributed by atoms with Gasteiger partial charge in [0.2, 0.25) is 0 Å². The lowest BCUT2D eigenvalue weighted by Crippen LogP contribution is -2.10. The van der Waals surface area contributed by atoms with Crippen LogP contribution in [-0.4, -0.2) is 24.3 Å². The van der Waals surface area contributed by atoms with Crippen LogP contribution in [0.25, 0.3) is 11.6 Å². The van der Waals surface area contributed by atoms with Crippen molar-refractivity contribution >= 4 is 33.5 Å². The fraction of sp³-hybridized carbons (Fsp3) is 0.158. The Balaban J connectivity index is 2.45. The van der Waals surface area contributed by atoms with Gasteiger partial charge >= 0.3 is 5.97 Å². The molecule has 0 saturated carbocycles. The zero-order valence-corrected chi connectivity index (χ0v) is 15.4. The van der Waals surface area contributed by atoms with E-state index in [-0.39, 0.29) is 11.3 Å². The molecule has 0 saturated heterocycles. The molecule has 2 rings (SSSR count). The predicted molar refractivity (Wildman–Crippen MR) is 98.3 cm³/mol. The molecule has 26 heavy (non-hydrogen) atoms. The topological polar surface area (TPSA) is 79.5 Å². The number of aliphatic carboxylic acids is 1. The fourth-order valence-electron chi connectivity index (χ4n) is 2.21. The molecule has 0 unspecified atom stereocenters. The van der Waals surface area contributed by atoms with E-state index in [0.29, 0.717) is 28.0 Å². The van der Waals surface area contributed by atoms with Crippen LogP contribution < -0.4 is 9.47 Å². The largest absolute Gasteiger partial charge is 0.490 e. The number of allylic oxidation sites excluding steroid dienone is 1. The number of hydrogen-bond acceptors (Lipinski definition) is 4. The van der Waals surface area contributed by atoms with Gasteiger partial charge in [0.05, 0.1) is 22.7 Å². The van der Waals surface area contributed by atoms with E-state index in [1.807, 2.05) is 6.07 Å². The van der Waals surface area contributed by atoms with Gasteiger partial charge in [-0.1, -0.05) is 12.1 Å². The van der Waals surface area contributed by atoms with Crippen LogP contribution in [0.5, 0.6) is 11.5 Å². The minimum absolute atomic E-state index is 0.260. The Morgan fingerprint density at radius 3 is 2.73 bits per heavy atom. The van der Waals surface area contributed by atoms with Crippen molar-refractivity contribution in [1.29, 1.82) is 5.26 Å². The highest BCUT2D eigenvalue weighted by Crippen LogP contribution is 2.38. The third-order valence-corrected chi connectivity index (χ3v) is 3.83. The van der Waals surface area contributed by atoms with Gasteiger partial charge in [-0.25, -0.2) is 9.18 Å². The molecule has 0 aliphatic rings. The second-order valence-electron chi connectivity index (χ2n) is 5.13. The van der Waals surface area contributed by atoms with Gasteiger partial charge in [0.1, 0.15) is 5.82 Å². The van der Waals surface area contributed by atoms with Crippen molar-refractivity contribution in [2.24, 2.45) is 0 Å². The van der Waals surface area contributed by atoms with Crippen molar-refractivity contribution in [3.05, 3.63) is 57.8 Å². The molecule has 0 amide bonds. The average molecular weight is 420 g/mol. The molecule has 0 radical (unpaired) electrons. The second-order valence-corrected chi connectivity index (χ2v) is 5.98. The molecule has 0 fully saturated rings. The molecule has 7 heteroatoms.